The molecular weight excluding hydrogens is 292 g/mol. The summed E-state index contributed by atoms with van der Waals surface area (Å²) in [6.45, 7) is 0. The SMILES string of the molecule is O=C1N=Cc2cc(-c3ccc4nccc(C(=O)O)c4c3)ccc21. The number of amides is 1. The van der Waals surface area contributed by atoms with Crippen molar-refractivity contribution in [1.82, 2.24) is 4.98 Å². The van der Waals surface area contributed by atoms with Gasteiger partial charge >= 0.3 is 5.97 Å². The minimum absolute atomic E-state index is 0.217. The fourth-order valence-corrected chi connectivity index (χ4v) is 2.75. The number of aliphatic imine (C=N–C) groups is 1. The average Bonchev–Trinajstić information content (AvgIpc) is 2.94. The van der Waals surface area contributed by atoms with Crippen molar-refractivity contribution in [1.29, 1.82) is 0 Å². The third-order valence-corrected chi connectivity index (χ3v) is 3.91. The van der Waals surface area contributed by atoms with Crippen LogP contribution in [0.5, 0.6) is 0 Å². The van der Waals surface area contributed by atoms with Crippen molar-refractivity contribution in [3.63, 3.8) is 0 Å². The molecule has 23 heavy (non-hydrogen) atoms. The third kappa shape index (κ3) is 2.10. The molecule has 1 aliphatic rings. The quantitative estimate of drug-likeness (QED) is 0.788. The Labute approximate surface area is 130 Å². The number of carbonyl (C=O) groups excluding carboxylic acids is 1. The van der Waals surface area contributed by atoms with Gasteiger partial charge in [0.05, 0.1) is 16.6 Å². The number of aromatic carboxylic acids is 1. The van der Waals surface area contributed by atoms with Gasteiger partial charge in [-0.25, -0.2) is 9.79 Å². The van der Waals surface area contributed by atoms with Gasteiger partial charge in [0.2, 0.25) is 0 Å². The molecule has 5 heteroatoms. The fraction of sp³-hybridized carbons (Fsp3) is 0. The maximum absolute atomic E-state index is 11.5. The van der Waals surface area contributed by atoms with E-state index in [0.717, 1.165) is 16.7 Å². The van der Waals surface area contributed by atoms with Gasteiger partial charge in [-0.05, 0) is 41.5 Å². The van der Waals surface area contributed by atoms with Gasteiger partial charge in [0.25, 0.3) is 5.91 Å². The molecule has 3 aromatic rings. The Bertz CT molecular complexity index is 1020. The summed E-state index contributed by atoms with van der Waals surface area (Å²) < 4.78 is 0. The molecule has 0 aliphatic carbocycles. The maximum Gasteiger partial charge on any atom is 0.336 e. The summed E-state index contributed by atoms with van der Waals surface area (Å²) in [4.78, 5) is 30.9. The molecule has 5 nitrogen and oxygen atoms in total. The summed E-state index contributed by atoms with van der Waals surface area (Å²) in [5.74, 6) is -1.22. The van der Waals surface area contributed by atoms with E-state index in [2.05, 4.69) is 9.98 Å². The van der Waals surface area contributed by atoms with E-state index in [1.54, 1.807) is 24.4 Å². The van der Waals surface area contributed by atoms with Gasteiger partial charge in [-0.2, -0.15) is 0 Å². The molecule has 0 fully saturated rings. The number of hydrogen-bond acceptors (Lipinski definition) is 3. The zero-order chi connectivity index (χ0) is 16.0. The van der Waals surface area contributed by atoms with Crippen molar-refractivity contribution >= 4 is 29.0 Å². The maximum atomic E-state index is 11.5. The molecule has 0 saturated carbocycles. The normalized spacial score (nSPS) is 12.6. The summed E-state index contributed by atoms with van der Waals surface area (Å²) in [6, 6.07) is 12.4. The minimum atomic E-state index is -0.985. The molecule has 2 heterocycles. The number of nitrogens with zero attached hydrogens (tertiary/aromatic N) is 2. The van der Waals surface area contributed by atoms with Gasteiger partial charge in [0.15, 0.2) is 0 Å². The first kappa shape index (κ1) is 13.3. The molecule has 0 atom stereocenters. The lowest BCUT2D eigenvalue weighted by Crippen LogP contribution is -1.98. The highest BCUT2D eigenvalue weighted by Gasteiger charge is 2.16. The van der Waals surface area contributed by atoms with Crippen LogP contribution in [0.15, 0.2) is 53.7 Å². The van der Waals surface area contributed by atoms with Crippen LogP contribution in [0, 0.1) is 0 Å². The highest BCUT2D eigenvalue weighted by molar-refractivity contribution is 6.13. The average molecular weight is 302 g/mol. The van der Waals surface area contributed by atoms with Crippen molar-refractivity contribution in [3.05, 3.63) is 65.4 Å². The number of aromatic nitrogens is 1. The topological polar surface area (TPSA) is 79.6 Å². The second-order valence-corrected chi connectivity index (χ2v) is 5.26. The number of benzene rings is 2. The van der Waals surface area contributed by atoms with Crippen LogP contribution in [0.4, 0.5) is 0 Å². The molecule has 4 rings (SSSR count). The van der Waals surface area contributed by atoms with E-state index < -0.39 is 5.97 Å². The zero-order valence-electron chi connectivity index (χ0n) is 11.9. The second-order valence-electron chi connectivity index (χ2n) is 5.26. The van der Waals surface area contributed by atoms with Crippen molar-refractivity contribution in [2.45, 2.75) is 0 Å². The lowest BCUT2D eigenvalue weighted by molar-refractivity contribution is 0.0698. The third-order valence-electron chi connectivity index (χ3n) is 3.91. The number of carboxylic acid groups (broad SMARTS) is 1. The Morgan fingerprint density at radius 2 is 1.78 bits per heavy atom. The van der Waals surface area contributed by atoms with E-state index >= 15 is 0 Å². The van der Waals surface area contributed by atoms with Crippen LogP contribution in [0.1, 0.15) is 26.3 Å². The summed E-state index contributed by atoms with van der Waals surface area (Å²) in [5.41, 5.74) is 3.97. The molecule has 1 aromatic heterocycles. The lowest BCUT2D eigenvalue weighted by Gasteiger charge is -2.07. The number of hydrogen-bond donors (Lipinski definition) is 1. The van der Waals surface area contributed by atoms with Gasteiger partial charge in [0, 0.05) is 23.4 Å². The molecule has 2 aromatic carbocycles. The summed E-state index contributed by atoms with van der Waals surface area (Å²) >= 11 is 0. The molecule has 0 spiro atoms. The highest BCUT2D eigenvalue weighted by atomic mass is 16.4. The van der Waals surface area contributed by atoms with E-state index in [9.17, 15) is 14.7 Å². The van der Waals surface area contributed by atoms with Crippen LogP contribution >= 0.6 is 0 Å². The van der Waals surface area contributed by atoms with Gasteiger partial charge in [-0.15, -0.1) is 0 Å². The zero-order valence-corrected chi connectivity index (χ0v) is 11.9. The first-order valence-corrected chi connectivity index (χ1v) is 6.98. The van der Waals surface area contributed by atoms with E-state index in [4.69, 9.17) is 0 Å². The van der Waals surface area contributed by atoms with E-state index in [0.29, 0.717) is 16.5 Å². The van der Waals surface area contributed by atoms with Gasteiger partial charge in [-0.1, -0.05) is 12.1 Å². The fourth-order valence-electron chi connectivity index (χ4n) is 2.75. The molecule has 110 valence electrons. The number of carboxylic acids is 1. The summed E-state index contributed by atoms with van der Waals surface area (Å²) in [5, 5.41) is 9.90. The van der Waals surface area contributed by atoms with Gasteiger partial charge < -0.3 is 5.11 Å². The number of fused-ring (bicyclic) bond motifs is 2. The Hall–Kier alpha value is -3.34. The molecule has 0 radical (unpaired) electrons. The molecule has 0 unspecified atom stereocenters. The number of rotatable bonds is 2. The van der Waals surface area contributed by atoms with Crippen molar-refractivity contribution < 1.29 is 14.7 Å². The van der Waals surface area contributed by atoms with Crippen LogP contribution in [-0.4, -0.2) is 28.2 Å². The molecule has 1 N–H and O–H groups in total. The van der Waals surface area contributed by atoms with E-state index in [1.165, 1.54) is 12.3 Å². The van der Waals surface area contributed by atoms with Crippen LogP contribution in [0.3, 0.4) is 0 Å². The molecular formula is C18H10N2O3. The Morgan fingerprint density at radius 3 is 2.61 bits per heavy atom. The molecule has 1 aliphatic heterocycles. The standard InChI is InChI=1S/C18H10N2O3/c21-17-13-3-1-10(7-12(13)9-20-17)11-2-4-16-15(8-11)14(18(22)23)5-6-19-16/h1-9H,(H,22,23). The highest BCUT2D eigenvalue weighted by Crippen LogP contribution is 2.28. The second kappa shape index (κ2) is 4.84. The summed E-state index contributed by atoms with van der Waals surface area (Å²) in [6.07, 6.45) is 3.04. The molecule has 0 bridgehead atoms. The number of pyridine rings is 1. The van der Waals surface area contributed by atoms with Gasteiger partial charge in [-0.3, -0.25) is 9.78 Å². The molecule has 1 amide bonds. The van der Waals surface area contributed by atoms with Crippen LogP contribution < -0.4 is 0 Å². The Morgan fingerprint density at radius 1 is 1.00 bits per heavy atom. The van der Waals surface area contributed by atoms with Crippen molar-refractivity contribution in [2.24, 2.45) is 4.99 Å². The first-order chi connectivity index (χ1) is 11.1. The lowest BCUT2D eigenvalue weighted by atomic mass is 9.98. The number of carbonyl (C=O) groups is 2. The van der Waals surface area contributed by atoms with E-state index in [1.807, 2.05) is 18.2 Å². The van der Waals surface area contributed by atoms with Gasteiger partial charge in [0.1, 0.15) is 0 Å². The monoisotopic (exact) mass is 302 g/mol. The Kier molecular flexibility index (Phi) is 2.81. The minimum Gasteiger partial charge on any atom is -0.478 e. The summed E-state index contributed by atoms with van der Waals surface area (Å²) in [7, 11) is 0. The van der Waals surface area contributed by atoms with Crippen molar-refractivity contribution in [3.8, 4) is 11.1 Å². The molecule has 0 saturated heterocycles. The van der Waals surface area contributed by atoms with Crippen molar-refractivity contribution in [2.75, 3.05) is 0 Å². The predicted octanol–water partition coefficient (Wildman–Crippen LogP) is 3.17. The van der Waals surface area contributed by atoms with Crippen LogP contribution in [0.2, 0.25) is 0 Å². The van der Waals surface area contributed by atoms with E-state index in [-0.39, 0.29) is 11.5 Å². The predicted molar refractivity (Wildman–Crippen MR) is 86.1 cm³/mol. The first-order valence-electron chi connectivity index (χ1n) is 6.98. The Balaban J connectivity index is 1.90. The van der Waals surface area contributed by atoms with Crippen LogP contribution in [0.25, 0.3) is 22.0 Å². The smallest absolute Gasteiger partial charge is 0.336 e. The van der Waals surface area contributed by atoms with Crippen LogP contribution in [-0.2, 0) is 0 Å². The largest absolute Gasteiger partial charge is 0.478 e.